The van der Waals surface area contributed by atoms with E-state index in [9.17, 15) is 9.59 Å². The molecule has 0 radical (unpaired) electrons. The molecule has 0 aliphatic rings. The first-order chi connectivity index (χ1) is 10.6. The molecule has 0 fully saturated rings. The van der Waals surface area contributed by atoms with Gasteiger partial charge in [-0.25, -0.2) is 4.79 Å². The summed E-state index contributed by atoms with van der Waals surface area (Å²) in [6, 6.07) is 12.6. The number of imidazole rings is 1. The van der Waals surface area contributed by atoms with Crippen molar-refractivity contribution in [1.29, 1.82) is 0 Å². The monoisotopic (exact) mass is 297 g/mol. The molecule has 0 bridgehead atoms. The zero-order chi connectivity index (χ0) is 15.5. The Balaban J connectivity index is 1.62. The molecular formula is C16H15N3O3. The van der Waals surface area contributed by atoms with Gasteiger partial charge in [0.05, 0.1) is 11.0 Å². The molecule has 1 amide bonds. The van der Waals surface area contributed by atoms with E-state index < -0.39 is 0 Å². The molecule has 0 aliphatic carbocycles. The maximum Gasteiger partial charge on any atom is 0.323 e. The van der Waals surface area contributed by atoms with E-state index in [0.717, 1.165) is 5.56 Å². The van der Waals surface area contributed by atoms with Crippen LogP contribution in [0.2, 0.25) is 0 Å². The van der Waals surface area contributed by atoms with Crippen molar-refractivity contribution in [2.24, 2.45) is 0 Å². The molecular weight excluding hydrogens is 282 g/mol. The molecule has 6 nitrogen and oxygen atoms in total. The summed E-state index contributed by atoms with van der Waals surface area (Å²) in [6.07, 6.45) is 0. The number of aryl methyl sites for hydroxylation is 1. The van der Waals surface area contributed by atoms with Gasteiger partial charge in [-0.1, -0.05) is 17.7 Å². The van der Waals surface area contributed by atoms with Crippen LogP contribution < -0.4 is 15.7 Å². The normalized spacial score (nSPS) is 10.6. The van der Waals surface area contributed by atoms with Crippen molar-refractivity contribution in [2.75, 3.05) is 11.9 Å². The van der Waals surface area contributed by atoms with E-state index in [1.807, 2.05) is 31.2 Å². The van der Waals surface area contributed by atoms with Crippen molar-refractivity contribution in [2.45, 2.75) is 6.92 Å². The number of benzene rings is 2. The molecule has 0 saturated heterocycles. The number of carbonyl (C=O) groups is 1. The van der Waals surface area contributed by atoms with Crippen molar-refractivity contribution in [3.63, 3.8) is 0 Å². The molecule has 0 unspecified atom stereocenters. The van der Waals surface area contributed by atoms with E-state index in [0.29, 0.717) is 22.5 Å². The number of carbonyl (C=O) groups excluding carboxylic acids is 1. The van der Waals surface area contributed by atoms with Crippen LogP contribution in [-0.4, -0.2) is 22.5 Å². The predicted molar refractivity (Wildman–Crippen MR) is 84.2 cm³/mol. The van der Waals surface area contributed by atoms with E-state index in [1.54, 1.807) is 18.2 Å². The zero-order valence-electron chi connectivity index (χ0n) is 12.0. The van der Waals surface area contributed by atoms with Crippen LogP contribution in [0.4, 0.5) is 5.69 Å². The minimum atomic E-state index is -0.277. The number of nitrogens with one attached hydrogen (secondary N) is 3. The minimum absolute atomic E-state index is 0.0786. The number of hydrogen-bond donors (Lipinski definition) is 3. The van der Waals surface area contributed by atoms with E-state index in [-0.39, 0.29) is 18.2 Å². The molecule has 112 valence electrons. The van der Waals surface area contributed by atoms with Gasteiger partial charge in [0, 0.05) is 5.69 Å². The lowest BCUT2D eigenvalue weighted by atomic mass is 10.2. The summed E-state index contributed by atoms with van der Waals surface area (Å²) in [5.74, 6) is 0.379. The molecule has 0 spiro atoms. The van der Waals surface area contributed by atoms with Crippen molar-refractivity contribution >= 4 is 22.6 Å². The molecule has 22 heavy (non-hydrogen) atoms. The van der Waals surface area contributed by atoms with Crippen molar-refractivity contribution in [1.82, 2.24) is 9.97 Å². The molecule has 1 heterocycles. The van der Waals surface area contributed by atoms with Crippen LogP contribution in [0.15, 0.2) is 47.3 Å². The standard InChI is InChI=1S/C16H15N3O3/c1-10-2-5-12(6-3-10)22-9-15(20)17-11-4-7-13-14(8-11)19-16(21)18-13/h2-8H,9H2,1H3,(H,17,20)(H2,18,19,21). The second-order valence-corrected chi connectivity index (χ2v) is 4.99. The summed E-state index contributed by atoms with van der Waals surface area (Å²) >= 11 is 0. The average Bonchev–Trinajstić information content (AvgIpc) is 2.86. The Kier molecular flexibility index (Phi) is 3.65. The van der Waals surface area contributed by atoms with E-state index in [1.165, 1.54) is 0 Å². The Labute approximate surface area is 126 Å². The third-order valence-corrected chi connectivity index (χ3v) is 3.19. The molecule has 3 rings (SSSR count). The Hall–Kier alpha value is -3.02. The van der Waals surface area contributed by atoms with Gasteiger partial charge in [-0.2, -0.15) is 0 Å². The second-order valence-electron chi connectivity index (χ2n) is 4.99. The first-order valence-electron chi connectivity index (χ1n) is 6.81. The van der Waals surface area contributed by atoms with Crippen molar-refractivity contribution in [3.8, 4) is 5.75 Å². The van der Waals surface area contributed by atoms with Crippen LogP contribution in [0, 0.1) is 6.92 Å². The number of rotatable bonds is 4. The van der Waals surface area contributed by atoms with Gasteiger partial charge in [-0.15, -0.1) is 0 Å². The van der Waals surface area contributed by atoms with Gasteiger partial charge in [0.2, 0.25) is 0 Å². The first kappa shape index (κ1) is 13.9. The predicted octanol–water partition coefficient (Wildman–Crippen LogP) is 2.18. The molecule has 0 aliphatic heterocycles. The third kappa shape index (κ3) is 3.17. The number of ether oxygens (including phenoxy) is 1. The highest BCUT2D eigenvalue weighted by molar-refractivity contribution is 5.93. The van der Waals surface area contributed by atoms with E-state index in [2.05, 4.69) is 15.3 Å². The molecule has 0 atom stereocenters. The molecule has 0 saturated carbocycles. The van der Waals surface area contributed by atoms with Crippen LogP contribution >= 0.6 is 0 Å². The first-order valence-corrected chi connectivity index (χ1v) is 6.81. The second kappa shape index (κ2) is 5.77. The van der Waals surface area contributed by atoms with Crippen LogP contribution in [0.1, 0.15) is 5.56 Å². The Morgan fingerprint density at radius 1 is 1.09 bits per heavy atom. The topological polar surface area (TPSA) is 87.0 Å². The maximum atomic E-state index is 11.9. The highest BCUT2D eigenvalue weighted by Crippen LogP contribution is 2.15. The van der Waals surface area contributed by atoms with Crippen LogP contribution in [0.3, 0.4) is 0 Å². The molecule has 6 heteroatoms. The number of aromatic amines is 2. The fourth-order valence-corrected chi connectivity index (χ4v) is 2.09. The summed E-state index contributed by atoms with van der Waals surface area (Å²) in [5, 5.41) is 2.73. The summed E-state index contributed by atoms with van der Waals surface area (Å²) in [4.78, 5) is 28.3. The lowest BCUT2D eigenvalue weighted by Crippen LogP contribution is -2.20. The minimum Gasteiger partial charge on any atom is -0.484 e. The number of aromatic nitrogens is 2. The maximum absolute atomic E-state index is 11.9. The summed E-state index contributed by atoms with van der Waals surface area (Å²) in [7, 11) is 0. The van der Waals surface area contributed by atoms with Gasteiger partial charge in [0.15, 0.2) is 6.61 Å². The highest BCUT2D eigenvalue weighted by Gasteiger charge is 2.05. The number of hydrogen-bond acceptors (Lipinski definition) is 3. The van der Waals surface area contributed by atoms with Gasteiger partial charge >= 0.3 is 5.69 Å². The summed E-state index contributed by atoms with van der Waals surface area (Å²) in [6.45, 7) is 1.91. The van der Waals surface area contributed by atoms with E-state index >= 15 is 0 Å². The van der Waals surface area contributed by atoms with Gasteiger partial charge in [-0.05, 0) is 37.3 Å². The van der Waals surface area contributed by atoms with Crippen molar-refractivity contribution < 1.29 is 9.53 Å². The smallest absolute Gasteiger partial charge is 0.323 e. The quantitative estimate of drug-likeness (QED) is 0.690. The number of H-pyrrole nitrogens is 2. The molecule has 2 aromatic carbocycles. The van der Waals surface area contributed by atoms with Gasteiger partial charge in [0.25, 0.3) is 5.91 Å². The largest absolute Gasteiger partial charge is 0.484 e. The van der Waals surface area contributed by atoms with Crippen molar-refractivity contribution in [3.05, 3.63) is 58.5 Å². The summed E-state index contributed by atoms with van der Waals surface area (Å²) < 4.78 is 5.41. The Morgan fingerprint density at radius 3 is 2.59 bits per heavy atom. The zero-order valence-corrected chi connectivity index (χ0v) is 12.0. The van der Waals surface area contributed by atoms with Gasteiger partial charge in [-0.3, -0.25) is 4.79 Å². The number of fused-ring (bicyclic) bond motifs is 1. The Morgan fingerprint density at radius 2 is 1.82 bits per heavy atom. The number of anilines is 1. The van der Waals surface area contributed by atoms with Crippen LogP contribution in [-0.2, 0) is 4.79 Å². The molecule has 3 aromatic rings. The number of amides is 1. The SMILES string of the molecule is Cc1ccc(OCC(=O)Nc2ccc3[nH]c(=O)[nH]c3c2)cc1. The average molecular weight is 297 g/mol. The highest BCUT2D eigenvalue weighted by atomic mass is 16.5. The van der Waals surface area contributed by atoms with Gasteiger partial charge < -0.3 is 20.0 Å². The lowest BCUT2D eigenvalue weighted by Gasteiger charge is -2.07. The Bertz CT molecular complexity index is 862. The fourth-order valence-electron chi connectivity index (χ4n) is 2.09. The fraction of sp³-hybridized carbons (Fsp3) is 0.125. The van der Waals surface area contributed by atoms with E-state index in [4.69, 9.17) is 4.74 Å². The molecule has 3 N–H and O–H groups in total. The van der Waals surface area contributed by atoms with Gasteiger partial charge in [0.1, 0.15) is 5.75 Å². The lowest BCUT2D eigenvalue weighted by molar-refractivity contribution is -0.118. The molecule has 1 aromatic heterocycles. The third-order valence-electron chi connectivity index (χ3n) is 3.19. The van der Waals surface area contributed by atoms with Crippen LogP contribution in [0.5, 0.6) is 5.75 Å². The van der Waals surface area contributed by atoms with Crippen LogP contribution in [0.25, 0.3) is 11.0 Å². The summed E-state index contributed by atoms with van der Waals surface area (Å²) in [5.41, 5.74) is 2.79.